The number of esters is 1. The van der Waals surface area contributed by atoms with Gasteiger partial charge in [0.25, 0.3) is 0 Å². The van der Waals surface area contributed by atoms with E-state index in [2.05, 4.69) is 6.92 Å². The van der Waals surface area contributed by atoms with Gasteiger partial charge in [-0.2, -0.15) is 0 Å². The number of rotatable bonds is 6. The van der Waals surface area contributed by atoms with Crippen molar-refractivity contribution in [1.29, 1.82) is 0 Å². The molecule has 0 amide bonds. The van der Waals surface area contributed by atoms with Gasteiger partial charge in [-0.05, 0) is 31.6 Å². The minimum absolute atomic E-state index is 0.0793. The topological polar surface area (TPSA) is 43.4 Å². The molecule has 0 bridgehead atoms. The van der Waals surface area contributed by atoms with Crippen molar-refractivity contribution in [3.05, 3.63) is 0 Å². The van der Waals surface area contributed by atoms with E-state index in [0.29, 0.717) is 37.7 Å². The van der Waals surface area contributed by atoms with Crippen molar-refractivity contribution in [2.75, 3.05) is 6.61 Å². The molecule has 0 aromatic heterocycles. The summed E-state index contributed by atoms with van der Waals surface area (Å²) in [6.45, 7) is 8.26. The van der Waals surface area contributed by atoms with Gasteiger partial charge in [-0.3, -0.25) is 9.59 Å². The Bertz CT molecular complexity index is 288. The summed E-state index contributed by atoms with van der Waals surface area (Å²) in [5.41, 5.74) is -0.805. The molecule has 3 heteroatoms. The minimum atomic E-state index is -0.805. The van der Waals surface area contributed by atoms with Gasteiger partial charge in [0.15, 0.2) is 0 Å². The molecule has 0 heterocycles. The first kappa shape index (κ1) is 14.2. The largest absolute Gasteiger partial charge is 0.465 e. The van der Waals surface area contributed by atoms with Crippen LogP contribution in [-0.2, 0) is 14.3 Å². The third-order valence-electron chi connectivity index (χ3n) is 3.65. The summed E-state index contributed by atoms with van der Waals surface area (Å²) in [4.78, 5) is 24.2. The lowest BCUT2D eigenvalue weighted by Crippen LogP contribution is -2.51. The van der Waals surface area contributed by atoms with Crippen molar-refractivity contribution >= 4 is 11.8 Å². The van der Waals surface area contributed by atoms with E-state index in [1.165, 1.54) is 0 Å². The van der Waals surface area contributed by atoms with E-state index in [1.54, 1.807) is 6.92 Å². The van der Waals surface area contributed by atoms with Gasteiger partial charge in [-0.15, -0.1) is 0 Å². The zero-order chi connectivity index (χ0) is 13.1. The Morgan fingerprint density at radius 2 is 1.88 bits per heavy atom. The van der Waals surface area contributed by atoms with Crippen LogP contribution in [0.1, 0.15) is 53.4 Å². The fourth-order valence-corrected chi connectivity index (χ4v) is 2.56. The molecule has 1 fully saturated rings. The normalized spacial score (nSPS) is 27.7. The van der Waals surface area contributed by atoms with E-state index in [9.17, 15) is 9.59 Å². The predicted octanol–water partition coefficient (Wildman–Crippen LogP) is 2.97. The number of carbonyl (C=O) groups excluding carboxylic acids is 2. The number of carbonyl (C=O) groups is 2. The molecule has 1 aliphatic carbocycles. The highest BCUT2D eigenvalue weighted by atomic mass is 16.5. The lowest BCUT2D eigenvalue weighted by molar-refractivity contribution is -0.170. The third-order valence-corrected chi connectivity index (χ3v) is 3.65. The molecule has 1 aliphatic rings. The highest BCUT2D eigenvalue weighted by Crippen LogP contribution is 2.49. The molecule has 0 N–H and O–H groups in total. The van der Waals surface area contributed by atoms with Crippen molar-refractivity contribution in [3.8, 4) is 0 Å². The van der Waals surface area contributed by atoms with E-state index >= 15 is 0 Å². The van der Waals surface area contributed by atoms with Crippen LogP contribution in [0, 0.1) is 17.3 Å². The van der Waals surface area contributed by atoms with Gasteiger partial charge in [0.1, 0.15) is 11.2 Å². The minimum Gasteiger partial charge on any atom is -0.465 e. The highest BCUT2D eigenvalue weighted by molar-refractivity contribution is 6.04. The third kappa shape index (κ3) is 2.88. The number of ketones is 1. The standard InChI is InChI=1S/C14H24O3/c1-5-11-8-14(9-11,13(16)17-6-2)12(15)7-10(3)4/h10-11H,5-9H2,1-4H3. The zero-order valence-electron chi connectivity index (χ0n) is 11.4. The molecule has 3 nitrogen and oxygen atoms in total. The van der Waals surface area contributed by atoms with Crippen LogP contribution in [0.4, 0.5) is 0 Å². The molecular weight excluding hydrogens is 216 g/mol. The van der Waals surface area contributed by atoms with Gasteiger partial charge in [0, 0.05) is 6.42 Å². The van der Waals surface area contributed by atoms with Crippen molar-refractivity contribution in [2.45, 2.75) is 53.4 Å². The fraction of sp³-hybridized carbons (Fsp3) is 0.857. The smallest absolute Gasteiger partial charge is 0.319 e. The monoisotopic (exact) mass is 240 g/mol. The van der Waals surface area contributed by atoms with Crippen LogP contribution in [0.25, 0.3) is 0 Å². The highest BCUT2D eigenvalue weighted by Gasteiger charge is 2.55. The van der Waals surface area contributed by atoms with Gasteiger partial charge < -0.3 is 4.74 Å². The summed E-state index contributed by atoms with van der Waals surface area (Å²) in [6.07, 6.45) is 2.90. The van der Waals surface area contributed by atoms with Crippen LogP contribution < -0.4 is 0 Å². The second-order valence-corrected chi connectivity index (χ2v) is 5.51. The van der Waals surface area contributed by atoms with E-state index in [1.807, 2.05) is 13.8 Å². The van der Waals surface area contributed by atoms with Gasteiger partial charge in [0.2, 0.25) is 0 Å². The van der Waals surface area contributed by atoms with Crippen molar-refractivity contribution in [3.63, 3.8) is 0 Å². The lowest BCUT2D eigenvalue weighted by Gasteiger charge is -2.44. The predicted molar refractivity (Wildman–Crippen MR) is 66.5 cm³/mol. The molecular formula is C14H24O3. The molecule has 0 aliphatic heterocycles. The average Bonchev–Trinajstić information content (AvgIpc) is 2.15. The van der Waals surface area contributed by atoms with E-state index in [4.69, 9.17) is 4.74 Å². The molecule has 17 heavy (non-hydrogen) atoms. The lowest BCUT2D eigenvalue weighted by atomic mass is 9.58. The van der Waals surface area contributed by atoms with Gasteiger partial charge in [0.05, 0.1) is 6.61 Å². The Balaban J connectivity index is 2.74. The first-order chi connectivity index (χ1) is 7.96. The zero-order valence-corrected chi connectivity index (χ0v) is 11.4. The summed E-state index contributed by atoms with van der Waals surface area (Å²) < 4.78 is 5.08. The van der Waals surface area contributed by atoms with Crippen LogP contribution in [0.15, 0.2) is 0 Å². The van der Waals surface area contributed by atoms with Crippen LogP contribution >= 0.6 is 0 Å². The summed E-state index contributed by atoms with van der Waals surface area (Å²) in [5.74, 6) is 0.594. The Morgan fingerprint density at radius 1 is 1.29 bits per heavy atom. The Kier molecular flexibility index (Phi) is 4.72. The first-order valence-electron chi connectivity index (χ1n) is 6.66. The average molecular weight is 240 g/mol. The number of hydrogen-bond donors (Lipinski definition) is 0. The summed E-state index contributed by atoms with van der Waals surface area (Å²) in [6, 6.07) is 0. The maximum Gasteiger partial charge on any atom is 0.319 e. The molecule has 0 saturated heterocycles. The van der Waals surface area contributed by atoms with Crippen LogP contribution in [0.5, 0.6) is 0 Å². The first-order valence-corrected chi connectivity index (χ1v) is 6.66. The Labute approximate surface area is 104 Å². The molecule has 0 radical (unpaired) electrons. The molecule has 0 aromatic rings. The molecule has 1 rings (SSSR count). The quantitative estimate of drug-likeness (QED) is 0.529. The molecule has 0 spiro atoms. The maximum absolute atomic E-state index is 12.2. The van der Waals surface area contributed by atoms with Crippen LogP contribution in [0.3, 0.4) is 0 Å². The number of Topliss-reactive ketones (excluding diaryl/α,β-unsaturated/α-hetero) is 1. The molecule has 0 aromatic carbocycles. The van der Waals surface area contributed by atoms with E-state index in [-0.39, 0.29) is 11.8 Å². The van der Waals surface area contributed by atoms with Crippen LogP contribution in [-0.4, -0.2) is 18.4 Å². The van der Waals surface area contributed by atoms with E-state index < -0.39 is 5.41 Å². The summed E-state index contributed by atoms with van der Waals surface area (Å²) in [5, 5.41) is 0. The molecule has 0 atom stereocenters. The molecule has 0 unspecified atom stereocenters. The van der Waals surface area contributed by atoms with Gasteiger partial charge >= 0.3 is 5.97 Å². The van der Waals surface area contributed by atoms with Crippen molar-refractivity contribution in [2.24, 2.45) is 17.3 Å². The Hall–Kier alpha value is -0.860. The van der Waals surface area contributed by atoms with E-state index in [0.717, 1.165) is 6.42 Å². The maximum atomic E-state index is 12.2. The second kappa shape index (κ2) is 5.65. The van der Waals surface area contributed by atoms with Crippen molar-refractivity contribution < 1.29 is 14.3 Å². The second-order valence-electron chi connectivity index (χ2n) is 5.51. The van der Waals surface area contributed by atoms with Gasteiger partial charge in [-0.25, -0.2) is 0 Å². The number of ether oxygens (including phenoxy) is 1. The summed E-state index contributed by atoms with van der Waals surface area (Å²) in [7, 11) is 0. The van der Waals surface area contributed by atoms with Crippen molar-refractivity contribution in [1.82, 2.24) is 0 Å². The fourth-order valence-electron chi connectivity index (χ4n) is 2.56. The Morgan fingerprint density at radius 3 is 2.29 bits per heavy atom. The summed E-state index contributed by atoms with van der Waals surface area (Å²) >= 11 is 0. The molecule has 1 saturated carbocycles. The number of hydrogen-bond acceptors (Lipinski definition) is 3. The SMILES string of the molecule is CCOC(=O)C1(C(=O)CC(C)C)CC(CC)C1. The van der Waals surface area contributed by atoms with Crippen LogP contribution in [0.2, 0.25) is 0 Å². The van der Waals surface area contributed by atoms with Gasteiger partial charge in [-0.1, -0.05) is 27.2 Å². The molecule has 98 valence electrons.